The van der Waals surface area contributed by atoms with Crippen molar-refractivity contribution in [2.45, 2.75) is 19.4 Å². The minimum atomic E-state index is 0.791. The molecule has 0 spiro atoms. The third-order valence-electron chi connectivity index (χ3n) is 3.75. The van der Waals surface area contributed by atoms with Crippen molar-refractivity contribution < 1.29 is 0 Å². The van der Waals surface area contributed by atoms with Crippen LogP contribution in [0.25, 0.3) is 0 Å². The second-order valence-electron chi connectivity index (χ2n) is 5.18. The Hall–Kier alpha value is -1.51. The molecule has 0 aliphatic carbocycles. The van der Waals surface area contributed by atoms with Crippen LogP contribution in [-0.4, -0.2) is 13.1 Å². The summed E-state index contributed by atoms with van der Waals surface area (Å²) in [6.45, 7) is 2.95. The van der Waals surface area contributed by atoms with Crippen LogP contribution in [0.1, 0.15) is 16.7 Å². The lowest BCUT2D eigenvalue weighted by molar-refractivity contribution is 0.687. The van der Waals surface area contributed by atoms with Crippen LogP contribution in [-0.2, 0) is 19.4 Å². The Balaban J connectivity index is 1.51. The van der Waals surface area contributed by atoms with E-state index in [0.717, 1.165) is 37.5 Å². The lowest BCUT2D eigenvalue weighted by atomic mass is 10.1. The number of halogens is 1. The van der Waals surface area contributed by atoms with Crippen LogP contribution >= 0.6 is 11.6 Å². The maximum atomic E-state index is 5.88. The molecule has 1 aliphatic heterocycles. The maximum Gasteiger partial charge on any atom is 0.0406 e. The Morgan fingerprint density at radius 3 is 2.80 bits per heavy atom. The summed E-state index contributed by atoms with van der Waals surface area (Å²) in [4.78, 5) is 0. The van der Waals surface area contributed by atoms with Crippen LogP contribution in [0.5, 0.6) is 0 Å². The highest BCUT2D eigenvalue weighted by molar-refractivity contribution is 6.30. The lowest BCUT2D eigenvalue weighted by Gasteiger charge is -2.10. The summed E-state index contributed by atoms with van der Waals surface area (Å²) >= 11 is 5.88. The molecule has 3 heteroatoms. The molecular weight excluding hydrogens is 268 g/mol. The third kappa shape index (κ3) is 3.14. The van der Waals surface area contributed by atoms with E-state index in [1.54, 1.807) is 0 Å². The summed E-state index contributed by atoms with van der Waals surface area (Å²) in [5.41, 5.74) is 5.51. The second-order valence-corrected chi connectivity index (χ2v) is 5.62. The van der Waals surface area contributed by atoms with Gasteiger partial charge >= 0.3 is 0 Å². The quantitative estimate of drug-likeness (QED) is 0.820. The van der Waals surface area contributed by atoms with Crippen molar-refractivity contribution in [2.24, 2.45) is 0 Å². The topological polar surface area (TPSA) is 24.1 Å². The van der Waals surface area contributed by atoms with Gasteiger partial charge in [0.05, 0.1) is 0 Å². The first kappa shape index (κ1) is 13.5. The van der Waals surface area contributed by atoms with Crippen LogP contribution in [0.3, 0.4) is 0 Å². The average Bonchev–Trinajstić information content (AvgIpc) is 2.94. The molecule has 2 aromatic rings. The van der Waals surface area contributed by atoms with Gasteiger partial charge in [-0.05, 0) is 48.2 Å². The normalized spacial score (nSPS) is 13.1. The van der Waals surface area contributed by atoms with Gasteiger partial charge in [0.25, 0.3) is 0 Å². The number of hydrogen-bond donors (Lipinski definition) is 2. The molecule has 0 atom stereocenters. The number of para-hydroxylation sites is 1. The van der Waals surface area contributed by atoms with Gasteiger partial charge in [-0.3, -0.25) is 0 Å². The molecule has 2 N–H and O–H groups in total. The third-order valence-corrected chi connectivity index (χ3v) is 4.00. The van der Waals surface area contributed by atoms with E-state index in [4.69, 9.17) is 11.6 Å². The van der Waals surface area contributed by atoms with Gasteiger partial charge in [0.2, 0.25) is 0 Å². The van der Waals surface area contributed by atoms with Crippen LogP contribution in [0.15, 0.2) is 42.5 Å². The molecule has 0 aromatic heterocycles. The minimum absolute atomic E-state index is 0.791. The summed E-state index contributed by atoms with van der Waals surface area (Å²) in [5.74, 6) is 0. The number of fused-ring (bicyclic) bond motifs is 1. The van der Waals surface area contributed by atoms with E-state index in [9.17, 15) is 0 Å². The predicted molar refractivity (Wildman–Crippen MR) is 85.5 cm³/mol. The molecule has 20 heavy (non-hydrogen) atoms. The zero-order valence-electron chi connectivity index (χ0n) is 11.5. The molecule has 0 amide bonds. The summed E-state index contributed by atoms with van der Waals surface area (Å²) in [7, 11) is 0. The maximum absolute atomic E-state index is 5.88. The fourth-order valence-electron chi connectivity index (χ4n) is 2.68. The Morgan fingerprint density at radius 2 is 1.95 bits per heavy atom. The zero-order chi connectivity index (χ0) is 13.8. The molecule has 0 saturated heterocycles. The smallest absolute Gasteiger partial charge is 0.0406 e. The number of rotatable bonds is 5. The van der Waals surface area contributed by atoms with E-state index in [2.05, 4.69) is 41.0 Å². The van der Waals surface area contributed by atoms with E-state index in [0.29, 0.717) is 0 Å². The SMILES string of the molecule is Clc1ccc(CNCCc2cccc3c2NCC3)cc1. The Kier molecular flexibility index (Phi) is 4.24. The molecule has 3 rings (SSSR count). The highest BCUT2D eigenvalue weighted by Crippen LogP contribution is 2.26. The van der Waals surface area contributed by atoms with Gasteiger partial charge in [0.15, 0.2) is 0 Å². The predicted octanol–water partition coefficient (Wildman–Crippen LogP) is 3.64. The highest BCUT2D eigenvalue weighted by atomic mass is 35.5. The van der Waals surface area contributed by atoms with Gasteiger partial charge in [-0.1, -0.05) is 41.9 Å². The van der Waals surface area contributed by atoms with Gasteiger partial charge in [-0.2, -0.15) is 0 Å². The number of benzene rings is 2. The van der Waals surface area contributed by atoms with Crippen molar-refractivity contribution >= 4 is 17.3 Å². The fourth-order valence-corrected chi connectivity index (χ4v) is 2.80. The summed E-state index contributed by atoms with van der Waals surface area (Å²) < 4.78 is 0. The average molecular weight is 287 g/mol. The van der Waals surface area contributed by atoms with Gasteiger partial charge < -0.3 is 10.6 Å². The first-order chi connectivity index (χ1) is 9.83. The molecule has 0 fully saturated rings. The molecule has 2 aromatic carbocycles. The first-order valence-corrected chi connectivity index (χ1v) is 7.50. The zero-order valence-corrected chi connectivity index (χ0v) is 12.2. The van der Waals surface area contributed by atoms with Crippen molar-refractivity contribution in [2.75, 3.05) is 18.4 Å². The molecular formula is C17H19ClN2. The summed E-state index contributed by atoms with van der Waals surface area (Å²) in [5, 5.41) is 7.77. The van der Waals surface area contributed by atoms with Crippen molar-refractivity contribution in [1.29, 1.82) is 0 Å². The van der Waals surface area contributed by atoms with Crippen molar-refractivity contribution in [3.05, 3.63) is 64.2 Å². The Morgan fingerprint density at radius 1 is 1.10 bits per heavy atom. The fraction of sp³-hybridized carbons (Fsp3) is 0.294. The largest absolute Gasteiger partial charge is 0.384 e. The van der Waals surface area contributed by atoms with Crippen LogP contribution in [0.2, 0.25) is 5.02 Å². The molecule has 0 unspecified atom stereocenters. The van der Waals surface area contributed by atoms with E-state index in [1.165, 1.54) is 22.4 Å². The van der Waals surface area contributed by atoms with Crippen molar-refractivity contribution in [3.8, 4) is 0 Å². The standard InChI is InChI=1S/C17H19ClN2/c18-16-6-4-13(5-7-16)12-19-10-8-14-2-1-3-15-9-11-20-17(14)15/h1-7,19-20H,8-12H2. The molecule has 104 valence electrons. The van der Waals surface area contributed by atoms with Gasteiger partial charge in [-0.15, -0.1) is 0 Å². The van der Waals surface area contributed by atoms with Crippen molar-refractivity contribution in [1.82, 2.24) is 5.32 Å². The van der Waals surface area contributed by atoms with Gasteiger partial charge in [0, 0.05) is 23.8 Å². The Labute approximate surface area is 125 Å². The van der Waals surface area contributed by atoms with E-state index < -0.39 is 0 Å². The van der Waals surface area contributed by atoms with Crippen LogP contribution < -0.4 is 10.6 Å². The molecule has 0 bridgehead atoms. The second kappa shape index (κ2) is 6.29. The van der Waals surface area contributed by atoms with Gasteiger partial charge in [-0.25, -0.2) is 0 Å². The van der Waals surface area contributed by atoms with Crippen molar-refractivity contribution in [3.63, 3.8) is 0 Å². The first-order valence-electron chi connectivity index (χ1n) is 7.13. The highest BCUT2D eigenvalue weighted by Gasteiger charge is 2.12. The molecule has 1 aliphatic rings. The Bertz CT molecular complexity index is 578. The molecule has 0 saturated carbocycles. The van der Waals surface area contributed by atoms with Gasteiger partial charge in [0.1, 0.15) is 0 Å². The van der Waals surface area contributed by atoms with E-state index in [1.807, 2.05) is 12.1 Å². The van der Waals surface area contributed by atoms with Crippen LogP contribution in [0.4, 0.5) is 5.69 Å². The molecule has 2 nitrogen and oxygen atoms in total. The molecule has 1 heterocycles. The van der Waals surface area contributed by atoms with E-state index >= 15 is 0 Å². The van der Waals surface area contributed by atoms with E-state index in [-0.39, 0.29) is 0 Å². The number of hydrogen-bond acceptors (Lipinski definition) is 2. The van der Waals surface area contributed by atoms with Crippen LogP contribution in [0, 0.1) is 0 Å². The number of anilines is 1. The monoisotopic (exact) mass is 286 g/mol. The number of nitrogens with one attached hydrogen (secondary N) is 2. The summed E-state index contributed by atoms with van der Waals surface area (Å²) in [6.07, 6.45) is 2.21. The lowest BCUT2D eigenvalue weighted by Crippen LogP contribution is -2.17. The summed E-state index contributed by atoms with van der Waals surface area (Å²) in [6, 6.07) is 14.6. The minimum Gasteiger partial charge on any atom is -0.384 e. The molecule has 0 radical (unpaired) electrons.